The van der Waals surface area contributed by atoms with Crippen molar-refractivity contribution in [2.75, 3.05) is 7.05 Å². The number of nitrogens with zero attached hydrogens (tertiary/aromatic N) is 8. The lowest BCUT2D eigenvalue weighted by Gasteiger charge is -2.24. The van der Waals surface area contributed by atoms with Gasteiger partial charge in [-0.05, 0) is 57.9 Å². The number of carbonyl (C=O) groups excluding carboxylic acids is 1. The molecule has 274 valence electrons. The maximum absolute atomic E-state index is 14.5. The van der Waals surface area contributed by atoms with E-state index in [0.717, 1.165) is 26.6 Å². The van der Waals surface area contributed by atoms with E-state index in [-0.39, 0.29) is 70.1 Å². The van der Waals surface area contributed by atoms with Gasteiger partial charge in [0, 0.05) is 60.7 Å². The number of aliphatic carboxylic acids is 1. The van der Waals surface area contributed by atoms with E-state index in [4.69, 9.17) is 16.4 Å². The Hall–Kier alpha value is -5.70. The zero-order chi connectivity index (χ0) is 38.3. The molecule has 0 radical (unpaired) electrons. The predicted octanol–water partition coefficient (Wildman–Crippen LogP) is 6.65. The van der Waals surface area contributed by atoms with E-state index in [9.17, 15) is 31.2 Å². The van der Waals surface area contributed by atoms with E-state index < -0.39 is 45.1 Å². The summed E-state index contributed by atoms with van der Waals surface area (Å²) in [5, 5.41) is 17.2. The molecule has 5 aromatic rings. The van der Waals surface area contributed by atoms with Crippen LogP contribution in [0.1, 0.15) is 50.6 Å². The van der Waals surface area contributed by atoms with Gasteiger partial charge >= 0.3 is 18.2 Å². The van der Waals surface area contributed by atoms with Gasteiger partial charge in [0.1, 0.15) is 11.3 Å². The van der Waals surface area contributed by atoms with Gasteiger partial charge in [-0.2, -0.15) is 18.3 Å². The molecule has 0 saturated carbocycles. The van der Waals surface area contributed by atoms with Gasteiger partial charge in [-0.15, -0.1) is 5.10 Å². The van der Waals surface area contributed by atoms with Crippen molar-refractivity contribution in [1.82, 2.24) is 33.4 Å². The van der Waals surface area contributed by atoms with Crippen LogP contribution in [0.3, 0.4) is 0 Å². The van der Waals surface area contributed by atoms with Crippen LogP contribution >= 0.6 is 0 Å². The monoisotopic (exact) mass is 740 g/mol. The van der Waals surface area contributed by atoms with Crippen molar-refractivity contribution >= 4 is 38.9 Å². The van der Waals surface area contributed by atoms with Crippen molar-refractivity contribution in [3.8, 4) is 22.3 Å². The first-order valence-corrected chi connectivity index (χ1v) is 17.2. The number of halogens is 3. The van der Waals surface area contributed by atoms with Crippen molar-refractivity contribution in [3.05, 3.63) is 77.3 Å². The van der Waals surface area contributed by atoms with Crippen molar-refractivity contribution < 1.29 is 41.0 Å². The summed E-state index contributed by atoms with van der Waals surface area (Å²) >= 11 is 0. The molecule has 0 aliphatic rings. The highest BCUT2D eigenvalue weighted by Gasteiger charge is 2.39. The molecule has 0 unspecified atom stereocenters. The van der Waals surface area contributed by atoms with Crippen molar-refractivity contribution in [2.45, 2.75) is 70.3 Å². The highest BCUT2D eigenvalue weighted by molar-refractivity contribution is 7.90. The number of aromatic nitrogens is 6. The fraction of sp³-hybridized carbons (Fsp3) is 0.353. The van der Waals surface area contributed by atoms with Gasteiger partial charge < -0.3 is 19.6 Å². The molecular formula is C34H35F3N8O6S. The number of fused-ring (bicyclic) bond motifs is 1. The fourth-order valence-corrected chi connectivity index (χ4v) is 6.83. The number of amides is 1. The van der Waals surface area contributed by atoms with Gasteiger partial charge in [0.05, 0.1) is 18.5 Å². The number of ether oxygens (including phenoxy) is 1. The topological polar surface area (TPSA) is 159 Å². The minimum absolute atomic E-state index is 0.00998. The molecule has 4 aromatic heterocycles. The average molecular weight is 741 g/mol. The van der Waals surface area contributed by atoms with Gasteiger partial charge in [-0.25, -0.2) is 26.9 Å². The molecule has 0 spiro atoms. The summed E-state index contributed by atoms with van der Waals surface area (Å²) in [7, 11) is -1.42. The number of rotatable bonds is 10. The Kier molecular flexibility index (Phi) is 9.96. The molecule has 0 bridgehead atoms. The zero-order valence-electron chi connectivity index (χ0n) is 29.1. The summed E-state index contributed by atoms with van der Waals surface area (Å²) in [6.07, 6.45) is -2.55. The van der Waals surface area contributed by atoms with Crippen LogP contribution in [0.4, 0.5) is 23.8 Å². The normalized spacial score (nSPS) is 12.2. The van der Waals surface area contributed by atoms with Crippen LogP contribution in [-0.4, -0.2) is 71.7 Å². The molecule has 52 heavy (non-hydrogen) atoms. The predicted molar refractivity (Wildman–Crippen MR) is 183 cm³/mol. The Morgan fingerprint density at radius 2 is 1.75 bits per heavy atom. The average Bonchev–Trinajstić information content (AvgIpc) is 3.73. The van der Waals surface area contributed by atoms with E-state index in [2.05, 4.69) is 20.0 Å². The maximum Gasteiger partial charge on any atom is 0.435 e. The third kappa shape index (κ3) is 7.64. The second kappa shape index (κ2) is 13.8. The molecule has 0 aliphatic heterocycles. The molecule has 0 fully saturated rings. The molecule has 14 nitrogen and oxygen atoms in total. The molecule has 1 aromatic carbocycles. The van der Waals surface area contributed by atoms with Crippen LogP contribution in [0.2, 0.25) is 0 Å². The second-order valence-electron chi connectivity index (χ2n) is 13.1. The molecule has 18 heteroatoms. The lowest BCUT2D eigenvalue weighted by atomic mass is 10.0. The van der Waals surface area contributed by atoms with Gasteiger partial charge in [0.25, 0.3) is 15.8 Å². The van der Waals surface area contributed by atoms with E-state index in [1.54, 1.807) is 39.8 Å². The molecule has 1 amide bonds. The SMILES string of the molecule is [C-]#[N+]c1c(-c2cnc3c(c2)c(-c2cn(CCCC(=O)O)nc2C(F)(F)F)cn3S(=O)(=O)c2ccc(C)cc2)c(CN(C)C(=O)OC(C)(C)C)nn1C. The van der Waals surface area contributed by atoms with Crippen LogP contribution in [0.25, 0.3) is 38.1 Å². The Bertz CT molecular complexity index is 2330. The minimum atomic E-state index is -4.98. The number of hydrogen-bond donors (Lipinski definition) is 1. The highest BCUT2D eigenvalue weighted by Crippen LogP contribution is 2.42. The minimum Gasteiger partial charge on any atom is -0.481 e. The molecule has 0 atom stereocenters. The third-order valence-electron chi connectivity index (χ3n) is 7.86. The van der Waals surface area contributed by atoms with Crippen LogP contribution in [-0.2, 0) is 45.9 Å². The number of pyridine rings is 1. The van der Waals surface area contributed by atoms with Crippen LogP contribution < -0.4 is 0 Å². The Morgan fingerprint density at radius 3 is 2.35 bits per heavy atom. The highest BCUT2D eigenvalue weighted by atomic mass is 32.2. The zero-order valence-corrected chi connectivity index (χ0v) is 29.9. The molecule has 0 saturated heterocycles. The number of carboxylic acids is 1. The van der Waals surface area contributed by atoms with E-state index in [1.807, 2.05) is 0 Å². The lowest BCUT2D eigenvalue weighted by molar-refractivity contribution is -0.141. The summed E-state index contributed by atoms with van der Waals surface area (Å²) in [5.74, 6) is -1.10. The number of alkyl halides is 3. The fourth-order valence-electron chi connectivity index (χ4n) is 5.51. The van der Waals surface area contributed by atoms with Gasteiger partial charge in [-0.1, -0.05) is 24.3 Å². The van der Waals surface area contributed by atoms with Gasteiger partial charge in [0.15, 0.2) is 11.3 Å². The van der Waals surface area contributed by atoms with Crippen LogP contribution in [0, 0.1) is 13.5 Å². The van der Waals surface area contributed by atoms with Crippen LogP contribution in [0.15, 0.2) is 53.8 Å². The van der Waals surface area contributed by atoms with Crippen molar-refractivity contribution in [3.63, 3.8) is 0 Å². The number of carbonyl (C=O) groups is 2. The first-order chi connectivity index (χ1) is 24.2. The Labute approximate surface area is 296 Å². The third-order valence-corrected chi connectivity index (χ3v) is 9.53. The van der Waals surface area contributed by atoms with E-state index >= 15 is 0 Å². The Balaban J connectivity index is 1.75. The molecular weight excluding hydrogens is 705 g/mol. The Morgan fingerprint density at radius 1 is 1.08 bits per heavy atom. The lowest BCUT2D eigenvalue weighted by Crippen LogP contribution is -2.34. The van der Waals surface area contributed by atoms with Gasteiger partial charge in [0.2, 0.25) is 0 Å². The first kappa shape index (κ1) is 37.6. The molecule has 0 aliphatic carbocycles. The van der Waals surface area contributed by atoms with Crippen molar-refractivity contribution in [1.29, 1.82) is 0 Å². The molecule has 4 heterocycles. The first-order valence-electron chi connectivity index (χ1n) is 15.8. The van der Waals surface area contributed by atoms with E-state index in [1.165, 1.54) is 48.1 Å². The smallest absolute Gasteiger partial charge is 0.435 e. The van der Waals surface area contributed by atoms with Crippen molar-refractivity contribution in [2.24, 2.45) is 7.05 Å². The number of hydrogen-bond acceptors (Lipinski definition) is 8. The summed E-state index contributed by atoms with van der Waals surface area (Å²) in [6.45, 7) is 14.5. The van der Waals surface area contributed by atoms with E-state index in [0.29, 0.717) is 0 Å². The number of carboxylic acid groups (broad SMARTS) is 1. The summed E-state index contributed by atoms with van der Waals surface area (Å²) in [5.41, 5.74) is -1.49. The van der Waals surface area contributed by atoms with Gasteiger partial charge in [-0.3, -0.25) is 9.48 Å². The second-order valence-corrected chi connectivity index (χ2v) is 14.9. The maximum atomic E-state index is 14.5. The largest absolute Gasteiger partial charge is 0.481 e. The quantitative estimate of drug-likeness (QED) is 0.155. The molecule has 5 rings (SSSR count). The molecule has 1 N–H and O–H groups in total. The number of benzene rings is 1. The summed E-state index contributed by atoms with van der Waals surface area (Å²) in [6, 6.07) is 7.33. The summed E-state index contributed by atoms with van der Waals surface area (Å²) in [4.78, 5) is 33.0. The van der Waals surface area contributed by atoms with Crippen LogP contribution in [0.5, 0.6) is 0 Å². The summed E-state index contributed by atoms with van der Waals surface area (Å²) < 4.78 is 80.1. The standard InChI is InChI=1S/C34H35F3N8O6S/c1-20-10-12-22(13-11-20)52(49,50)45-18-24(25-17-44(14-8-9-27(46)47)41-29(25)34(35,36)37)23-15-21(16-39-30(23)45)28-26(40-43(7)31(28)38-5)19-42(6)32(48)51-33(2,3)4/h10-13,15-18H,8-9,14,19H2,1-4,6-7H3,(H,46,47). The number of aryl methyl sites for hydroxylation is 3.